The van der Waals surface area contributed by atoms with E-state index in [0.717, 1.165) is 23.5 Å². The van der Waals surface area contributed by atoms with Gasteiger partial charge in [0.1, 0.15) is 10.0 Å². The first kappa shape index (κ1) is 12.7. The van der Waals surface area contributed by atoms with Gasteiger partial charge in [0, 0.05) is 5.56 Å². The highest BCUT2D eigenvalue weighted by Gasteiger charge is 2.19. The van der Waals surface area contributed by atoms with Crippen molar-refractivity contribution in [1.82, 2.24) is 4.72 Å². The summed E-state index contributed by atoms with van der Waals surface area (Å²) in [6.45, 7) is 0. The van der Waals surface area contributed by atoms with Crippen molar-refractivity contribution in [3.63, 3.8) is 0 Å². The van der Waals surface area contributed by atoms with Gasteiger partial charge < -0.3 is 0 Å². The smallest absolute Gasteiger partial charge is 0.268 e. The second-order valence-electron chi connectivity index (χ2n) is 3.37. The van der Waals surface area contributed by atoms with Crippen LogP contribution < -0.4 is 4.72 Å². The Kier molecular flexibility index (Phi) is 3.44. The molecule has 1 aromatic carbocycles. The minimum absolute atomic E-state index is 0.0537. The van der Waals surface area contributed by atoms with Crippen LogP contribution in [0, 0.1) is 5.82 Å². The van der Waals surface area contributed by atoms with E-state index < -0.39 is 21.7 Å². The molecular weight excluding hydrogens is 277 g/mol. The van der Waals surface area contributed by atoms with Crippen molar-refractivity contribution in [3.8, 4) is 0 Å². The molecule has 0 bridgehead atoms. The lowest BCUT2D eigenvalue weighted by molar-refractivity contribution is 0.0981. The number of carbonyl (C=O) groups is 1. The third-order valence-electron chi connectivity index (χ3n) is 2.09. The van der Waals surface area contributed by atoms with Crippen LogP contribution >= 0.6 is 11.3 Å². The summed E-state index contributed by atoms with van der Waals surface area (Å²) in [4.78, 5) is 11.7. The van der Waals surface area contributed by atoms with E-state index in [1.165, 1.54) is 18.2 Å². The van der Waals surface area contributed by atoms with Gasteiger partial charge >= 0.3 is 0 Å². The maximum Gasteiger partial charge on any atom is 0.273 e. The van der Waals surface area contributed by atoms with Crippen LogP contribution in [0.15, 0.2) is 46.0 Å². The highest BCUT2D eigenvalue weighted by molar-refractivity contribution is 7.92. The molecule has 1 aromatic heterocycles. The Balaban J connectivity index is 2.20. The molecule has 0 spiro atoms. The van der Waals surface area contributed by atoms with Crippen LogP contribution in [0.4, 0.5) is 4.39 Å². The van der Waals surface area contributed by atoms with Gasteiger partial charge in [-0.2, -0.15) is 0 Å². The molecule has 2 aromatic rings. The lowest BCUT2D eigenvalue weighted by Crippen LogP contribution is -2.29. The number of halogens is 1. The monoisotopic (exact) mass is 285 g/mol. The first-order valence-corrected chi connectivity index (χ1v) is 7.21. The second kappa shape index (κ2) is 4.87. The fourth-order valence-corrected chi connectivity index (χ4v) is 3.22. The highest BCUT2D eigenvalue weighted by atomic mass is 32.2. The minimum atomic E-state index is -3.85. The molecule has 0 aliphatic heterocycles. The highest BCUT2D eigenvalue weighted by Crippen LogP contribution is 2.15. The summed E-state index contributed by atoms with van der Waals surface area (Å²) < 4.78 is 38.1. The van der Waals surface area contributed by atoms with Crippen LogP contribution in [0.3, 0.4) is 0 Å². The number of amides is 1. The molecule has 1 amide bonds. The number of nitrogens with one attached hydrogen (secondary N) is 1. The molecule has 18 heavy (non-hydrogen) atoms. The average molecular weight is 285 g/mol. The Bertz CT molecular complexity index is 648. The van der Waals surface area contributed by atoms with Crippen LogP contribution in [-0.2, 0) is 10.0 Å². The number of thiophene rings is 1. The largest absolute Gasteiger partial charge is 0.273 e. The molecule has 0 saturated heterocycles. The zero-order chi connectivity index (χ0) is 13.2. The van der Waals surface area contributed by atoms with E-state index in [2.05, 4.69) is 0 Å². The molecule has 7 heteroatoms. The van der Waals surface area contributed by atoms with E-state index in [4.69, 9.17) is 0 Å². The Morgan fingerprint density at radius 3 is 2.39 bits per heavy atom. The van der Waals surface area contributed by atoms with Crippen molar-refractivity contribution in [1.29, 1.82) is 0 Å². The van der Waals surface area contributed by atoms with Gasteiger partial charge in [-0.3, -0.25) is 4.79 Å². The SMILES string of the molecule is O=C(NS(=O)(=O)c1cccs1)c1ccc(F)cc1. The van der Waals surface area contributed by atoms with E-state index >= 15 is 0 Å². The topological polar surface area (TPSA) is 63.2 Å². The summed E-state index contributed by atoms with van der Waals surface area (Å²) in [5.74, 6) is -1.28. The number of hydrogen-bond donors (Lipinski definition) is 1. The Morgan fingerprint density at radius 1 is 1.17 bits per heavy atom. The Labute approximate surface area is 107 Å². The van der Waals surface area contributed by atoms with E-state index in [1.807, 2.05) is 4.72 Å². The van der Waals surface area contributed by atoms with Crippen LogP contribution in [0.1, 0.15) is 10.4 Å². The summed E-state index contributed by atoms with van der Waals surface area (Å²) in [6, 6.07) is 7.58. The molecule has 2 rings (SSSR count). The lowest BCUT2D eigenvalue weighted by atomic mass is 10.2. The van der Waals surface area contributed by atoms with Crippen LogP contribution in [0.5, 0.6) is 0 Å². The van der Waals surface area contributed by atoms with Gasteiger partial charge in [-0.25, -0.2) is 17.5 Å². The third-order valence-corrected chi connectivity index (χ3v) is 4.82. The first-order valence-electron chi connectivity index (χ1n) is 4.85. The maximum absolute atomic E-state index is 12.7. The number of sulfonamides is 1. The molecule has 1 N–H and O–H groups in total. The van der Waals surface area contributed by atoms with Gasteiger partial charge in [0.15, 0.2) is 0 Å². The van der Waals surface area contributed by atoms with Crippen LogP contribution in [0.25, 0.3) is 0 Å². The van der Waals surface area contributed by atoms with Gasteiger partial charge in [-0.05, 0) is 35.7 Å². The van der Waals surface area contributed by atoms with Crippen molar-refractivity contribution in [2.24, 2.45) is 0 Å². The fourth-order valence-electron chi connectivity index (χ4n) is 1.25. The zero-order valence-electron chi connectivity index (χ0n) is 8.96. The number of benzene rings is 1. The summed E-state index contributed by atoms with van der Waals surface area (Å²) in [5.41, 5.74) is 0.0801. The quantitative estimate of drug-likeness (QED) is 0.938. The molecule has 1 heterocycles. The number of hydrogen-bond acceptors (Lipinski definition) is 4. The molecule has 4 nitrogen and oxygen atoms in total. The predicted molar refractivity (Wildman–Crippen MR) is 65.4 cm³/mol. The van der Waals surface area contributed by atoms with E-state index in [-0.39, 0.29) is 9.77 Å². The summed E-state index contributed by atoms with van der Waals surface area (Å²) in [7, 11) is -3.85. The molecule has 0 saturated carbocycles. The van der Waals surface area contributed by atoms with Crippen molar-refractivity contribution in [2.75, 3.05) is 0 Å². The molecule has 0 aliphatic carbocycles. The van der Waals surface area contributed by atoms with Gasteiger partial charge in [0.25, 0.3) is 15.9 Å². The second-order valence-corrected chi connectivity index (χ2v) is 6.23. The van der Waals surface area contributed by atoms with Crippen molar-refractivity contribution in [3.05, 3.63) is 53.2 Å². The van der Waals surface area contributed by atoms with Crippen molar-refractivity contribution in [2.45, 2.75) is 4.21 Å². The molecule has 94 valence electrons. The number of carbonyl (C=O) groups excluding carboxylic acids is 1. The van der Waals surface area contributed by atoms with Crippen molar-refractivity contribution < 1.29 is 17.6 Å². The summed E-state index contributed by atoms with van der Waals surface area (Å²) >= 11 is 1.01. The Morgan fingerprint density at radius 2 is 1.83 bits per heavy atom. The molecule has 0 unspecified atom stereocenters. The van der Waals surface area contributed by atoms with Gasteiger partial charge in [-0.1, -0.05) is 6.07 Å². The maximum atomic E-state index is 12.7. The van der Waals surface area contributed by atoms with E-state index in [0.29, 0.717) is 0 Å². The van der Waals surface area contributed by atoms with E-state index in [1.54, 1.807) is 11.4 Å². The van der Waals surface area contributed by atoms with Crippen LogP contribution in [-0.4, -0.2) is 14.3 Å². The zero-order valence-corrected chi connectivity index (χ0v) is 10.6. The predicted octanol–water partition coefficient (Wildman–Crippen LogP) is 2.01. The fraction of sp³-hybridized carbons (Fsp3) is 0. The molecule has 0 aliphatic rings. The van der Waals surface area contributed by atoms with Gasteiger partial charge in [0.2, 0.25) is 0 Å². The molecule has 0 atom stereocenters. The molecule has 0 radical (unpaired) electrons. The first-order chi connectivity index (χ1) is 8.49. The van der Waals surface area contributed by atoms with Gasteiger partial charge in [0.05, 0.1) is 0 Å². The summed E-state index contributed by atoms with van der Waals surface area (Å²) in [6.07, 6.45) is 0. The van der Waals surface area contributed by atoms with Crippen molar-refractivity contribution >= 4 is 27.3 Å². The third kappa shape index (κ3) is 2.74. The normalized spacial score (nSPS) is 11.2. The summed E-state index contributed by atoms with van der Waals surface area (Å²) in [5, 5.41) is 1.59. The molecular formula is C11H8FNO3S2. The number of rotatable bonds is 3. The minimum Gasteiger partial charge on any atom is -0.268 e. The standard InChI is InChI=1S/C11H8FNO3S2/c12-9-5-3-8(4-6-9)11(14)13-18(15,16)10-2-1-7-17-10/h1-7H,(H,13,14). The van der Waals surface area contributed by atoms with Crippen LogP contribution in [0.2, 0.25) is 0 Å². The Hall–Kier alpha value is -1.73. The van der Waals surface area contributed by atoms with E-state index in [9.17, 15) is 17.6 Å². The average Bonchev–Trinajstić information content (AvgIpc) is 2.83. The van der Waals surface area contributed by atoms with Gasteiger partial charge in [-0.15, -0.1) is 11.3 Å². The lowest BCUT2D eigenvalue weighted by Gasteiger charge is -2.04. The molecule has 0 fully saturated rings.